The normalized spacial score (nSPS) is 11.6. The molecule has 0 atom stereocenters. The maximum Gasteiger partial charge on any atom is 0.196 e. The summed E-state index contributed by atoms with van der Waals surface area (Å²) in [4.78, 5) is 15.6. The maximum absolute atomic E-state index is 12.1. The zero-order valence-electron chi connectivity index (χ0n) is 11.4. The molecule has 3 nitrogen and oxygen atoms in total. The van der Waals surface area contributed by atoms with Gasteiger partial charge in [0.25, 0.3) is 0 Å². The lowest BCUT2D eigenvalue weighted by Gasteiger charge is -2.14. The highest BCUT2D eigenvalue weighted by atomic mass is 35.5. The SMILES string of the molecule is CC(C)c1nc(CN)cc2c(C(=O)C(Cl)Cl)cccc12. The van der Waals surface area contributed by atoms with Crippen LogP contribution in [0.5, 0.6) is 0 Å². The third kappa shape index (κ3) is 2.80. The largest absolute Gasteiger partial charge is 0.325 e. The Morgan fingerprint density at radius 2 is 2.00 bits per heavy atom. The topological polar surface area (TPSA) is 56.0 Å². The van der Waals surface area contributed by atoms with Gasteiger partial charge in [0.15, 0.2) is 10.6 Å². The van der Waals surface area contributed by atoms with Crippen LogP contribution < -0.4 is 5.73 Å². The van der Waals surface area contributed by atoms with Crippen molar-refractivity contribution in [3.63, 3.8) is 0 Å². The molecule has 0 bridgehead atoms. The molecule has 1 aromatic heterocycles. The van der Waals surface area contributed by atoms with Gasteiger partial charge < -0.3 is 5.73 Å². The Kier molecular flexibility index (Phi) is 4.63. The fraction of sp³-hybridized carbons (Fsp3) is 0.333. The summed E-state index contributed by atoms with van der Waals surface area (Å²) in [6, 6.07) is 7.34. The van der Waals surface area contributed by atoms with Crippen LogP contribution in [0.25, 0.3) is 10.8 Å². The summed E-state index contributed by atoms with van der Waals surface area (Å²) in [5.41, 5.74) is 7.89. The number of hydrogen-bond acceptors (Lipinski definition) is 3. The Balaban J connectivity index is 2.79. The molecule has 2 N–H and O–H groups in total. The lowest BCUT2D eigenvalue weighted by atomic mass is 9.96. The molecule has 0 saturated heterocycles. The predicted octanol–water partition coefficient (Wildman–Crippen LogP) is 3.80. The van der Waals surface area contributed by atoms with Gasteiger partial charge in [0, 0.05) is 17.5 Å². The molecule has 20 heavy (non-hydrogen) atoms. The molecule has 0 aliphatic carbocycles. The fourth-order valence-corrected chi connectivity index (χ4v) is 2.47. The van der Waals surface area contributed by atoms with Gasteiger partial charge in [-0.15, -0.1) is 0 Å². The molecule has 1 aromatic carbocycles. The molecule has 106 valence electrons. The van der Waals surface area contributed by atoms with Gasteiger partial charge in [0.1, 0.15) is 0 Å². The van der Waals surface area contributed by atoms with Crippen LogP contribution in [0, 0.1) is 0 Å². The quantitative estimate of drug-likeness (QED) is 0.690. The highest BCUT2D eigenvalue weighted by molar-refractivity contribution is 6.55. The van der Waals surface area contributed by atoms with E-state index in [2.05, 4.69) is 18.8 Å². The minimum Gasteiger partial charge on any atom is -0.325 e. The first kappa shape index (κ1) is 15.2. The first-order chi connectivity index (χ1) is 9.45. The monoisotopic (exact) mass is 310 g/mol. The minimum absolute atomic E-state index is 0.233. The summed E-state index contributed by atoms with van der Waals surface area (Å²) in [6.45, 7) is 4.44. The second kappa shape index (κ2) is 6.08. The lowest BCUT2D eigenvalue weighted by Crippen LogP contribution is -2.10. The number of nitrogens with zero attached hydrogens (tertiary/aromatic N) is 1. The van der Waals surface area contributed by atoms with Crippen molar-refractivity contribution in [2.45, 2.75) is 31.1 Å². The molecule has 0 radical (unpaired) electrons. The molecule has 5 heteroatoms. The Morgan fingerprint density at radius 3 is 2.55 bits per heavy atom. The van der Waals surface area contributed by atoms with Crippen molar-refractivity contribution in [1.29, 1.82) is 0 Å². The molecule has 0 unspecified atom stereocenters. The van der Waals surface area contributed by atoms with E-state index in [0.717, 1.165) is 22.2 Å². The number of benzene rings is 1. The van der Waals surface area contributed by atoms with E-state index in [0.29, 0.717) is 12.1 Å². The standard InChI is InChI=1S/C15H16Cl2N2O/c1-8(2)13-10-4-3-5-11(14(20)15(16)17)12(10)6-9(7-18)19-13/h3-6,8,15H,7,18H2,1-2H3. The van der Waals surface area contributed by atoms with Crippen molar-refractivity contribution < 1.29 is 4.79 Å². The molecule has 1 heterocycles. The van der Waals surface area contributed by atoms with Crippen LogP contribution in [0.4, 0.5) is 0 Å². The number of Topliss-reactive ketones (excluding diaryl/α,β-unsaturated/α-hetero) is 1. The van der Waals surface area contributed by atoms with Gasteiger partial charge in [0.2, 0.25) is 0 Å². The Bertz CT molecular complexity index is 654. The van der Waals surface area contributed by atoms with Gasteiger partial charge >= 0.3 is 0 Å². The van der Waals surface area contributed by atoms with Crippen LogP contribution in [-0.2, 0) is 6.54 Å². The van der Waals surface area contributed by atoms with Gasteiger partial charge in [-0.25, -0.2) is 0 Å². The highest BCUT2D eigenvalue weighted by Gasteiger charge is 2.19. The van der Waals surface area contributed by atoms with E-state index in [9.17, 15) is 4.79 Å². The molecule has 0 spiro atoms. The second-order valence-electron chi connectivity index (χ2n) is 4.92. The summed E-state index contributed by atoms with van der Waals surface area (Å²) in [5, 5.41) is 1.75. The number of alkyl halides is 2. The van der Waals surface area contributed by atoms with Crippen LogP contribution in [0.3, 0.4) is 0 Å². The van der Waals surface area contributed by atoms with E-state index in [1.54, 1.807) is 6.07 Å². The number of nitrogens with two attached hydrogens (primary N) is 1. The van der Waals surface area contributed by atoms with Crippen LogP contribution in [0.1, 0.15) is 41.5 Å². The summed E-state index contributed by atoms with van der Waals surface area (Å²) < 4.78 is 0. The number of ketones is 1. The average molecular weight is 311 g/mol. The molecule has 0 saturated carbocycles. The average Bonchev–Trinajstić information content (AvgIpc) is 2.44. The molecule has 2 aromatic rings. The number of halogens is 2. The molecule has 0 amide bonds. The summed E-state index contributed by atoms with van der Waals surface area (Å²) in [7, 11) is 0. The number of fused-ring (bicyclic) bond motifs is 1. The Morgan fingerprint density at radius 1 is 1.30 bits per heavy atom. The Hall–Kier alpha value is -1.16. The third-order valence-electron chi connectivity index (χ3n) is 3.18. The van der Waals surface area contributed by atoms with Gasteiger partial charge in [0.05, 0.1) is 11.4 Å². The lowest BCUT2D eigenvalue weighted by molar-refractivity contribution is 0.101. The van der Waals surface area contributed by atoms with Crippen LogP contribution in [0.2, 0.25) is 0 Å². The van der Waals surface area contributed by atoms with Gasteiger partial charge in [-0.05, 0) is 17.4 Å². The molecule has 0 aliphatic heterocycles. The Labute approximate surface area is 128 Å². The van der Waals surface area contributed by atoms with Crippen molar-refractivity contribution in [3.8, 4) is 0 Å². The first-order valence-electron chi connectivity index (χ1n) is 6.40. The van der Waals surface area contributed by atoms with Crippen LogP contribution in [-0.4, -0.2) is 15.6 Å². The number of carbonyl (C=O) groups excluding carboxylic acids is 1. The van der Waals surface area contributed by atoms with E-state index in [1.165, 1.54) is 0 Å². The van der Waals surface area contributed by atoms with Crippen molar-refractivity contribution in [1.82, 2.24) is 4.98 Å². The van der Waals surface area contributed by atoms with Gasteiger partial charge in [-0.3, -0.25) is 9.78 Å². The predicted molar refractivity (Wildman–Crippen MR) is 83.5 cm³/mol. The third-order valence-corrected chi connectivity index (χ3v) is 3.57. The number of pyridine rings is 1. The number of carbonyl (C=O) groups is 1. The maximum atomic E-state index is 12.1. The van der Waals surface area contributed by atoms with E-state index < -0.39 is 4.84 Å². The first-order valence-corrected chi connectivity index (χ1v) is 7.28. The number of rotatable bonds is 4. The van der Waals surface area contributed by atoms with Crippen molar-refractivity contribution in [2.75, 3.05) is 0 Å². The summed E-state index contributed by atoms with van der Waals surface area (Å²) >= 11 is 11.4. The van der Waals surface area contributed by atoms with Crippen molar-refractivity contribution in [2.24, 2.45) is 5.73 Å². The zero-order valence-corrected chi connectivity index (χ0v) is 12.9. The van der Waals surface area contributed by atoms with Crippen molar-refractivity contribution >= 4 is 39.8 Å². The molecule has 2 rings (SSSR count). The van der Waals surface area contributed by atoms with Crippen LogP contribution >= 0.6 is 23.2 Å². The zero-order chi connectivity index (χ0) is 14.9. The van der Waals surface area contributed by atoms with Crippen LogP contribution in [0.15, 0.2) is 24.3 Å². The van der Waals surface area contributed by atoms with E-state index in [4.69, 9.17) is 28.9 Å². The minimum atomic E-state index is -1.07. The highest BCUT2D eigenvalue weighted by Crippen LogP contribution is 2.28. The van der Waals surface area contributed by atoms with Crippen molar-refractivity contribution in [3.05, 3.63) is 41.2 Å². The molecular formula is C15H16Cl2N2O. The molecular weight excluding hydrogens is 295 g/mol. The van der Waals surface area contributed by atoms with Gasteiger partial charge in [-0.1, -0.05) is 55.2 Å². The number of aromatic nitrogens is 1. The number of hydrogen-bond donors (Lipinski definition) is 1. The molecule has 0 fully saturated rings. The van der Waals surface area contributed by atoms with Gasteiger partial charge in [-0.2, -0.15) is 0 Å². The second-order valence-corrected chi connectivity index (χ2v) is 6.02. The smallest absolute Gasteiger partial charge is 0.196 e. The summed E-state index contributed by atoms with van der Waals surface area (Å²) in [5.74, 6) is -0.0695. The summed E-state index contributed by atoms with van der Waals surface area (Å²) in [6.07, 6.45) is 0. The van der Waals surface area contributed by atoms with E-state index in [-0.39, 0.29) is 11.7 Å². The van der Waals surface area contributed by atoms with E-state index in [1.807, 2.05) is 18.2 Å². The fourth-order valence-electron chi connectivity index (χ4n) is 2.23. The molecule has 0 aliphatic rings. The van der Waals surface area contributed by atoms with E-state index >= 15 is 0 Å².